The number of anilines is 1. The number of β-amino-alcohol motifs (C(OH)–C–C–N with tert-alkyl or cyclic N) is 1. The predicted octanol–water partition coefficient (Wildman–Crippen LogP) is 1.34. The van der Waals surface area contributed by atoms with Crippen molar-refractivity contribution in [2.45, 2.75) is 25.4 Å². The van der Waals surface area contributed by atoms with E-state index in [0.717, 1.165) is 12.8 Å². The summed E-state index contributed by atoms with van der Waals surface area (Å²) in [6.45, 7) is 3.01. The highest BCUT2D eigenvalue weighted by Crippen LogP contribution is 2.30. The van der Waals surface area contributed by atoms with Gasteiger partial charge in [-0.25, -0.2) is 4.98 Å². The molecule has 1 aromatic heterocycles. The smallest absolute Gasteiger partial charge is 0.274 e. The molecule has 0 aromatic carbocycles. The molecular formula is C11H15N3O3. The lowest BCUT2D eigenvalue weighted by Gasteiger charge is -2.47. The Morgan fingerprint density at radius 2 is 2.35 bits per heavy atom. The Balaban J connectivity index is 2.06. The predicted molar refractivity (Wildman–Crippen MR) is 63.0 cm³/mol. The molecule has 0 atom stereocenters. The van der Waals surface area contributed by atoms with Gasteiger partial charge in [-0.2, -0.15) is 0 Å². The van der Waals surface area contributed by atoms with Gasteiger partial charge in [0.05, 0.1) is 16.6 Å². The van der Waals surface area contributed by atoms with Gasteiger partial charge in [0.25, 0.3) is 5.69 Å². The van der Waals surface area contributed by atoms with E-state index in [-0.39, 0.29) is 5.69 Å². The molecule has 6 heteroatoms. The van der Waals surface area contributed by atoms with Gasteiger partial charge in [0.15, 0.2) is 0 Å². The van der Waals surface area contributed by atoms with Crippen molar-refractivity contribution in [1.82, 2.24) is 4.98 Å². The molecule has 1 N–H and O–H groups in total. The summed E-state index contributed by atoms with van der Waals surface area (Å²) in [6.07, 6.45) is 3.09. The van der Waals surface area contributed by atoms with Crippen LogP contribution in [0.1, 0.15) is 19.8 Å². The van der Waals surface area contributed by atoms with Crippen molar-refractivity contribution in [2.75, 3.05) is 18.0 Å². The first-order chi connectivity index (χ1) is 8.04. The molecule has 1 aliphatic rings. The highest BCUT2D eigenvalue weighted by molar-refractivity contribution is 5.49. The summed E-state index contributed by atoms with van der Waals surface area (Å²) in [5.41, 5.74) is -0.623. The normalized spacial score (nSPS) is 17.6. The zero-order valence-corrected chi connectivity index (χ0v) is 9.67. The van der Waals surface area contributed by atoms with Crippen LogP contribution in [-0.4, -0.2) is 33.7 Å². The van der Waals surface area contributed by atoms with E-state index in [1.807, 2.05) is 11.8 Å². The number of aromatic nitrogens is 1. The van der Waals surface area contributed by atoms with E-state index in [0.29, 0.717) is 18.9 Å². The van der Waals surface area contributed by atoms with Crippen LogP contribution in [0.25, 0.3) is 0 Å². The van der Waals surface area contributed by atoms with Crippen molar-refractivity contribution >= 4 is 11.5 Å². The summed E-state index contributed by atoms with van der Waals surface area (Å²) in [5.74, 6) is 0.556. The Labute approximate surface area is 99.0 Å². The lowest BCUT2D eigenvalue weighted by Crippen LogP contribution is -2.62. The second-order valence-corrected chi connectivity index (χ2v) is 4.46. The van der Waals surface area contributed by atoms with Gasteiger partial charge in [0.2, 0.25) is 0 Å². The first-order valence-corrected chi connectivity index (χ1v) is 5.62. The Bertz CT molecular complexity index is 430. The molecule has 92 valence electrons. The quantitative estimate of drug-likeness (QED) is 0.631. The zero-order valence-electron chi connectivity index (χ0n) is 9.67. The first-order valence-electron chi connectivity index (χ1n) is 5.62. The van der Waals surface area contributed by atoms with Crippen LogP contribution in [0, 0.1) is 10.1 Å². The maximum absolute atomic E-state index is 10.6. The van der Waals surface area contributed by atoms with E-state index in [4.69, 9.17) is 0 Å². The number of pyridine rings is 1. The van der Waals surface area contributed by atoms with Gasteiger partial charge in [-0.05, 0) is 6.42 Å². The van der Waals surface area contributed by atoms with Crippen LogP contribution in [0.15, 0.2) is 18.3 Å². The summed E-state index contributed by atoms with van der Waals surface area (Å²) in [7, 11) is 0. The van der Waals surface area contributed by atoms with Crippen molar-refractivity contribution < 1.29 is 10.0 Å². The van der Waals surface area contributed by atoms with Crippen LogP contribution in [0.4, 0.5) is 11.5 Å². The van der Waals surface area contributed by atoms with Crippen LogP contribution in [0.5, 0.6) is 0 Å². The molecule has 6 nitrogen and oxygen atoms in total. The molecule has 17 heavy (non-hydrogen) atoms. The average molecular weight is 237 g/mol. The molecule has 0 unspecified atom stereocenters. The van der Waals surface area contributed by atoms with Gasteiger partial charge >= 0.3 is 0 Å². The molecule has 0 aliphatic carbocycles. The topological polar surface area (TPSA) is 79.5 Å². The minimum absolute atomic E-state index is 0.0286. The number of hydrogen-bond donors (Lipinski definition) is 1. The van der Waals surface area contributed by atoms with Crippen molar-refractivity contribution in [1.29, 1.82) is 0 Å². The van der Waals surface area contributed by atoms with Gasteiger partial charge in [0, 0.05) is 25.4 Å². The van der Waals surface area contributed by atoms with E-state index in [2.05, 4.69) is 4.98 Å². The van der Waals surface area contributed by atoms with Gasteiger partial charge in [-0.1, -0.05) is 13.3 Å². The average Bonchev–Trinajstić information content (AvgIpc) is 2.26. The SMILES string of the molecule is CCCC1(O)CN(c2cc([N+](=O)[O-])ccn2)C1. The van der Waals surface area contributed by atoms with E-state index >= 15 is 0 Å². The molecule has 2 rings (SSSR count). The van der Waals surface area contributed by atoms with Gasteiger partial charge in [-0.3, -0.25) is 10.1 Å². The Hall–Kier alpha value is -1.69. The largest absolute Gasteiger partial charge is 0.386 e. The minimum Gasteiger partial charge on any atom is -0.386 e. The summed E-state index contributed by atoms with van der Waals surface area (Å²) in [4.78, 5) is 16.1. The van der Waals surface area contributed by atoms with Crippen molar-refractivity contribution in [3.63, 3.8) is 0 Å². The fourth-order valence-electron chi connectivity index (χ4n) is 2.14. The second-order valence-electron chi connectivity index (χ2n) is 4.46. The van der Waals surface area contributed by atoms with Crippen molar-refractivity contribution in [2.24, 2.45) is 0 Å². The number of hydrogen-bond acceptors (Lipinski definition) is 5. The number of aliphatic hydroxyl groups is 1. The number of rotatable bonds is 4. The summed E-state index contributed by atoms with van der Waals surface area (Å²) in [5, 5.41) is 20.6. The zero-order chi connectivity index (χ0) is 12.5. The van der Waals surface area contributed by atoms with Gasteiger partial charge in [-0.15, -0.1) is 0 Å². The molecule has 0 bridgehead atoms. The van der Waals surface area contributed by atoms with Gasteiger partial charge < -0.3 is 10.0 Å². The molecule has 1 saturated heterocycles. The molecule has 0 saturated carbocycles. The highest BCUT2D eigenvalue weighted by atomic mass is 16.6. The van der Waals surface area contributed by atoms with Crippen LogP contribution in [0.2, 0.25) is 0 Å². The first kappa shape index (κ1) is 11.8. The van der Waals surface area contributed by atoms with E-state index in [1.165, 1.54) is 18.3 Å². The third kappa shape index (κ3) is 2.36. The molecule has 1 aliphatic heterocycles. The summed E-state index contributed by atoms with van der Waals surface area (Å²) >= 11 is 0. The van der Waals surface area contributed by atoms with E-state index < -0.39 is 10.5 Å². The Kier molecular flexibility index (Phi) is 2.97. The van der Waals surface area contributed by atoms with E-state index in [9.17, 15) is 15.2 Å². The molecule has 1 aromatic rings. The van der Waals surface area contributed by atoms with E-state index in [1.54, 1.807) is 0 Å². The van der Waals surface area contributed by atoms with Gasteiger partial charge in [0.1, 0.15) is 5.82 Å². The van der Waals surface area contributed by atoms with Crippen LogP contribution >= 0.6 is 0 Å². The third-order valence-corrected chi connectivity index (χ3v) is 2.95. The third-order valence-electron chi connectivity index (χ3n) is 2.95. The number of nitrogens with zero attached hydrogens (tertiary/aromatic N) is 3. The molecule has 0 amide bonds. The molecule has 2 heterocycles. The van der Waals surface area contributed by atoms with Crippen LogP contribution in [-0.2, 0) is 0 Å². The van der Waals surface area contributed by atoms with Crippen LogP contribution < -0.4 is 4.90 Å². The molecular weight excluding hydrogens is 222 g/mol. The summed E-state index contributed by atoms with van der Waals surface area (Å²) in [6, 6.07) is 2.80. The number of nitro groups is 1. The monoisotopic (exact) mass is 237 g/mol. The van der Waals surface area contributed by atoms with Crippen molar-refractivity contribution in [3.8, 4) is 0 Å². The maximum Gasteiger partial charge on any atom is 0.274 e. The lowest BCUT2D eigenvalue weighted by molar-refractivity contribution is -0.384. The fourth-order valence-corrected chi connectivity index (χ4v) is 2.14. The fraction of sp³-hybridized carbons (Fsp3) is 0.545. The van der Waals surface area contributed by atoms with Crippen molar-refractivity contribution in [3.05, 3.63) is 28.4 Å². The standard InChI is InChI=1S/C11H15N3O3/c1-2-4-11(15)7-13(8-11)10-6-9(14(16)17)3-5-12-10/h3,5-6,15H,2,4,7-8H2,1H3. The maximum atomic E-state index is 10.6. The lowest BCUT2D eigenvalue weighted by atomic mass is 9.89. The second kappa shape index (κ2) is 4.29. The summed E-state index contributed by atoms with van der Waals surface area (Å²) < 4.78 is 0. The molecule has 0 spiro atoms. The Morgan fingerprint density at radius 1 is 1.65 bits per heavy atom. The Morgan fingerprint density at radius 3 is 2.94 bits per heavy atom. The minimum atomic E-state index is -0.652. The highest BCUT2D eigenvalue weighted by Gasteiger charge is 2.41. The molecule has 0 radical (unpaired) electrons. The van der Waals surface area contributed by atoms with Crippen LogP contribution in [0.3, 0.4) is 0 Å². The molecule has 1 fully saturated rings.